The Balaban J connectivity index is 2.02. The summed E-state index contributed by atoms with van der Waals surface area (Å²) in [6.45, 7) is 6.82. The van der Waals surface area contributed by atoms with Gasteiger partial charge in [-0.15, -0.1) is 11.3 Å². The van der Waals surface area contributed by atoms with Crippen molar-refractivity contribution in [2.45, 2.75) is 39.0 Å². The first kappa shape index (κ1) is 13.9. The van der Waals surface area contributed by atoms with Crippen molar-refractivity contribution in [3.05, 3.63) is 15.6 Å². The van der Waals surface area contributed by atoms with Crippen LogP contribution in [0.5, 0.6) is 0 Å². The third-order valence-electron chi connectivity index (χ3n) is 3.49. The maximum atomic E-state index is 9.84. The van der Waals surface area contributed by atoms with Gasteiger partial charge in [0.2, 0.25) is 0 Å². The van der Waals surface area contributed by atoms with Crippen LogP contribution >= 0.6 is 11.3 Å². The molecule has 1 fully saturated rings. The van der Waals surface area contributed by atoms with Gasteiger partial charge >= 0.3 is 0 Å². The van der Waals surface area contributed by atoms with Crippen LogP contribution in [0.1, 0.15) is 22.0 Å². The minimum Gasteiger partial charge on any atom is -0.392 e. The van der Waals surface area contributed by atoms with Crippen molar-refractivity contribution in [1.29, 1.82) is 0 Å². The third-order valence-corrected chi connectivity index (χ3v) is 4.55. The van der Waals surface area contributed by atoms with Gasteiger partial charge in [-0.3, -0.25) is 4.90 Å². The summed E-state index contributed by atoms with van der Waals surface area (Å²) in [5, 5.41) is 11.0. The van der Waals surface area contributed by atoms with Crippen LogP contribution in [-0.2, 0) is 6.54 Å². The largest absolute Gasteiger partial charge is 0.392 e. The van der Waals surface area contributed by atoms with Crippen LogP contribution in [0.4, 0.5) is 0 Å². The van der Waals surface area contributed by atoms with Crippen molar-refractivity contribution < 1.29 is 5.11 Å². The normalized spacial score (nSPS) is 25.2. The highest BCUT2D eigenvalue weighted by Gasteiger charge is 2.31. The second-order valence-electron chi connectivity index (χ2n) is 5.48. The predicted octanol–water partition coefficient (Wildman–Crippen LogP) is 1.26. The molecule has 2 rings (SSSR count). The van der Waals surface area contributed by atoms with Gasteiger partial charge in [-0.25, -0.2) is 4.98 Å². The molecule has 1 saturated heterocycles. The lowest BCUT2D eigenvalue weighted by Gasteiger charge is -2.25. The topological polar surface area (TPSA) is 39.6 Å². The van der Waals surface area contributed by atoms with Crippen molar-refractivity contribution in [1.82, 2.24) is 14.8 Å². The second-order valence-corrected chi connectivity index (χ2v) is 6.77. The molecule has 0 aromatic carbocycles. The Morgan fingerprint density at radius 2 is 2.17 bits per heavy atom. The first-order valence-electron chi connectivity index (χ1n) is 6.45. The lowest BCUT2D eigenvalue weighted by atomic mass is 10.2. The number of rotatable bonds is 4. The molecule has 0 bridgehead atoms. The minimum absolute atomic E-state index is 0.183. The van der Waals surface area contributed by atoms with Crippen LogP contribution in [0.25, 0.3) is 0 Å². The number of likely N-dealkylation sites (tertiary alicyclic amines) is 1. The molecular weight excluding hydrogens is 246 g/mol. The van der Waals surface area contributed by atoms with E-state index in [-0.39, 0.29) is 6.10 Å². The molecule has 18 heavy (non-hydrogen) atoms. The van der Waals surface area contributed by atoms with E-state index in [1.165, 1.54) is 9.88 Å². The van der Waals surface area contributed by atoms with E-state index in [1.54, 1.807) is 11.3 Å². The Morgan fingerprint density at radius 3 is 2.72 bits per heavy atom. The van der Waals surface area contributed by atoms with Gasteiger partial charge in [0.15, 0.2) is 0 Å². The molecule has 102 valence electrons. The van der Waals surface area contributed by atoms with Crippen LogP contribution in [0.2, 0.25) is 0 Å². The van der Waals surface area contributed by atoms with Gasteiger partial charge in [0.05, 0.1) is 18.3 Å². The van der Waals surface area contributed by atoms with E-state index < -0.39 is 0 Å². The fourth-order valence-corrected chi connectivity index (χ4v) is 3.50. The fourth-order valence-electron chi connectivity index (χ4n) is 2.54. The van der Waals surface area contributed by atoms with Crippen LogP contribution in [0.15, 0.2) is 0 Å². The Kier molecular flexibility index (Phi) is 4.37. The van der Waals surface area contributed by atoms with Crippen LogP contribution in [0.3, 0.4) is 0 Å². The molecule has 1 aromatic rings. The predicted molar refractivity (Wildman–Crippen MR) is 75.0 cm³/mol. The van der Waals surface area contributed by atoms with Crippen LogP contribution < -0.4 is 0 Å². The molecule has 0 aliphatic carbocycles. The zero-order valence-electron chi connectivity index (χ0n) is 11.7. The summed E-state index contributed by atoms with van der Waals surface area (Å²) in [4.78, 5) is 10.4. The number of aliphatic hydroxyl groups is 1. The lowest BCUT2D eigenvalue weighted by Crippen LogP contribution is -2.37. The van der Waals surface area contributed by atoms with E-state index in [0.717, 1.165) is 31.7 Å². The average molecular weight is 269 g/mol. The summed E-state index contributed by atoms with van der Waals surface area (Å²) >= 11 is 1.78. The first-order chi connectivity index (χ1) is 8.45. The summed E-state index contributed by atoms with van der Waals surface area (Å²) < 4.78 is 0. The van der Waals surface area contributed by atoms with Gasteiger partial charge in [0.1, 0.15) is 5.01 Å². The van der Waals surface area contributed by atoms with E-state index in [1.807, 2.05) is 0 Å². The Labute approximate surface area is 113 Å². The molecular formula is C13H23N3OS. The van der Waals surface area contributed by atoms with Gasteiger partial charge in [0, 0.05) is 24.0 Å². The van der Waals surface area contributed by atoms with Gasteiger partial charge in [-0.05, 0) is 34.4 Å². The third kappa shape index (κ3) is 3.29. The summed E-state index contributed by atoms with van der Waals surface area (Å²) in [5.41, 5.74) is 1.14. The summed E-state index contributed by atoms with van der Waals surface area (Å²) in [5.74, 6) is 0. The number of thiazole rings is 1. The van der Waals surface area contributed by atoms with Crippen LogP contribution in [0, 0.1) is 13.8 Å². The van der Waals surface area contributed by atoms with Crippen molar-refractivity contribution in [2.24, 2.45) is 0 Å². The number of hydrogen-bond donors (Lipinski definition) is 1. The van der Waals surface area contributed by atoms with Crippen molar-refractivity contribution >= 4 is 11.3 Å². The van der Waals surface area contributed by atoms with Crippen molar-refractivity contribution in [3.63, 3.8) is 0 Å². The minimum atomic E-state index is -0.183. The molecule has 2 heterocycles. The van der Waals surface area contributed by atoms with Gasteiger partial charge in [-0.1, -0.05) is 0 Å². The van der Waals surface area contributed by atoms with E-state index >= 15 is 0 Å². The molecule has 1 aromatic heterocycles. The number of aliphatic hydroxyl groups excluding tert-OH is 1. The van der Waals surface area contributed by atoms with Crippen molar-refractivity contribution in [2.75, 3.05) is 27.2 Å². The highest BCUT2D eigenvalue weighted by Crippen LogP contribution is 2.24. The number of nitrogens with zero attached hydrogens (tertiary/aromatic N) is 3. The number of likely N-dealkylation sites (N-methyl/N-ethyl adjacent to an activating group) is 1. The van der Waals surface area contributed by atoms with E-state index in [2.05, 4.69) is 42.7 Å². The number of β-amino-alcohol motifs (C(OH)–C–C–N with tert-alkyl or cyclic N) is 1. The van der Waals surface area contributed by atoms with Gasteiger partial charge in [0.25, 0.3) is 0 Å². The van der Waals surface area contributed by atoms with Gasteiger partial charge in [-0.2, -0.15) is 0 Å². The molecule has 4 nitrogen and oxygen atoms in total. The summed E-state index contributed by atoms with van der Waals surface area (Å²) in [6, 6.07) is 0.444. The Morgan fingerprint density at radius 1 is 1.44 bits per heavy atom. The molecule has 5 heteroatoms. The molecule has 2 atom stereocenters. The monoisotopic (exact) mass is 269 g/mol. The maximum absolute atomic E-state index is 9.84. The highest BCUT2D eigenvalue weighted by atomic mass is 32.1. The highest BCUT2D eigenvalue weighted by molar-refractivity contribution is 7.11. The van der Waals surface area contributed by atoms with E-state index in [4.69, 9.17) is 0 Å². The number of aromatic nitrogens is 1. The quantitative estimate of drug-likeness (QED) is 0.893. The Hall–Kier alpha value is -0.490. The molecule has 0 spiro atoms. The first-order valence-corrected chi connectivity index (χ1v) is 7.27. The molecule has 1 aliphatic heterocycles. The van der Waals surface area contributed by atoms with Gasteiger partial charge < -0.3 is 10.0 Å². The Bertz CT molecular complexity index is 385. The van der Waals surface area contributed by atoms with E-state index in [9.17, 15) is 5.11 Å². The number of aryl methyl sites for hydroxylation is 2. The van der Waals surface area contributed by atoms with Crippen LogP contribution in [-0.4, -0.2) is 59.2 Å². The van der Waals surface area contributed by atoms with Crippen molar-refractivity contribution in [3.8, 4) is 0 Å². The summed E-state index contributed by atoms with van der Waals surface area (Å²) in [6.07, 6.45) is 0.693. The zero-order valence-corrected chi connectivity index (χ0v) is 12.5. The molecule has 1 N–H and O–H groups in total. The number of hydrogen-bond acceptors (Lipinski definition) is 5. The molecule has 0 saturated carbocycles. The lowest BCUT2D eigenvalue weighted by molar-refractivity contribution is 0.169. The molecule has 0 radical (unpaired) electrons. The smallest absolute Gasteiger partial charge is 0.107 e. The molecule has 2 unspecified atom stereocenters. The molecule has 1 aliphatic rings. The summed E-state index contributed by atoms with van der Waals surface area (Å²) in [7, 11) is 4.17. The average Bonchev–Trinajstić information content (AvgIpc) is 2.71. The van der Waals surface area contributed by atoms with E-state index in [0.29, 0.717) is 6.04 Å². The maximum Gasteiger partial charge on any atom is 0.107 e. The molecule has 0 amide bonds. The second kappa shape index (κ2) is 5.65. The zero-order chi connectivity index (χ0) is 13.3. The standard InChI is InChI=1S/C13H23N3OS/c1-9-10(2)18-13(14-9)8-16-7-12(17)5-11(16)6-15(3)4/h11-12,17H,5-8H2,1-4H3. The SMILES string of the molecule is Cc1nc(CN2CC(O)CC2CN(C)C)sc1C. The fraction of sp³-hybridized carbons (Fsp3) is 0.769.